The molecule has 9 rings (SSSR count). The fourth-order valence-electron chi connectivity index (χ4n) is 6.51. The Kier molecular flexibility index (Phi) is 5.16. The number of nitrogens with zero attached hydrogens (tertiary/aromatic N) is 3. The second-order valence-electron chi connectivity index (χ2n) is 10.8. The van der Waals surface area contributed by atoms with E-state index >= 15 is 0 Å². The Balaban J connectivity index is 1.50. The van der Waals surface area contributed by atoms with Gasteiger partial charge in [-0.3, -0.25) is 4.57 Å². The molecule has 0 saturated heterocycles. The van der Waals surface area contributed by atoms with E-state index in [9.17, 15) is 0 Å². The highest BCUT2D eigenvalue weighted by Crippen LogP contribution is 2.43. The molecule has 0 aliphatic rings. The monoisotopic (exact) mass is 551 g/mol. The number of hydrogen-bond acceptors (Lipinski definition) is 2. The SMILES string of the molecule is c1ccc(-c2nc(-c3ccccc3)c(-n3c4ccccc4c4ccc5c6ccccc6n(-c6ccccc6)c5c43)o2)cc1. The van der Waals surface area contributed by atoms with Crippen molar-refractivity contribution in [3.05, 3.63) is 152 Å². The molecule has 4 nitrogen and oxygen atoms in total. The average Bonchev–Trinajstić information content (AvgIpc) is 3.76. The number of rotatable bonds is 4. The van der Waals surface area contributed by atoms with Crippen molar-refractivity contribution >= 4 is 43.6 Å². The first-order valence-corrected chi connectivity index (χ1v) is 14.5. The summed E-state index contributed by atoms with van der Waals surface area (Å²) in [5.41, 5.74) is 8.33. The van der Waals surface area contributed by atoms with Gasteiger partial charge in [0, 0.05) is 38.4 Å². The Bertz CT molecular complexity index is 2430. The number of hydrogen-bond donors (Lipinski definition) is 0. The van der Waals surface area contributed by atoms with Gasteiger partial charge < -0.3 is 8.98 Å². The first-order valence-electron chi connectivity index (χ1n) is 14.5. The van der Waals surface area contributed by atoms with Crippen molar-refractivity contribution in [3.8, 4) is 34.3 Å². The van der Waals surface area contributed by atoms with E-state index in [0.29, 0.717) is 11.8 Å². The summed E-state index contributed by atoms with van der Waals surface area (Å²) in [5.74, 6) is 1.30. The van der Waals surface area contributed by atoms with Crippen LogP contribution in [-0.2, 0) is 0 Å². The van der Waals surface area contributed by atoms with E-state index in [4.69, 9.17) is 9.40 Å². The standard InChI is InChI=1S/C39H25N3O/c1-4-14-26(15-5-1)35-39(43-38(40-35)27-16-6-2-7-17-27)42-34-23-13-11-21-30(34)32-25-24-31-29-20-10-12-22-33(29)41(36(31)37(32)42)28-18-8-3-9-19-28/h1-25H. The molecule has 3 heterocycles. The van der Waals surface area contributed by atoms with E-state index in [0.717, 1.165) is 39.1 Å². The number of aromatic nitrogens is 3. The van der Waals surface area contributed by atoms with E-state index in [1.54, 1.807) is 0 Å². The highest BCUT2D eigenvalue weighted by Gasteiger charge is 2.25. The summed E-state index contributed by atoms with van der Waals surface area (Å²) >= 11 is 0. The third-order valence-corrected chi connectivity index (χ3v) is 8.36. The summed E-state index contributed by atoms with van der Waals surface area (Å²) in [7, 11) is 0. The molecule has 0 radical (unpaired) electrons. The lowest BCUT2D eigenvalue weighted by atomic mass is 10.1. The van der Waals surface area contributed by atoms with Crippen LogP contribution in [0.2, 0.25) is 0 Å². The van der Waals surface area contributed by atoms with Gasteiger partial charge in [0.25, 0.3) is 0 Å². The zero-order valence-corrected chi connectivity index (χ0v) is 23.2. The molecule has 0 spiro atoms. The lowest BCUT2D eigenvalue weighted by Gasteiger charge is -2.11. The van der Waals surface area contributed by atoms with Crippen molar-refractivity contribution in [2.24, 2.45) is 0 Å². The van der Waals surface area contributed by atoms with E-state index in [2.05, 4.69) is 112 Å². The van der Waals surface area contributed by atoms with Crippen LogP contribution in [0.15, 0.2) is 156 Å². The van der Waals surface area contributed by atoms with Crippen LogP contribution in [0.25, 0.3) is 77.9 Å². The minimum absolute atomic E-state index is 0.594. The van der Waals surface area contributed by atoms with Crippen LogP contribution in [0.5, 0.6) is 0 Å². The maximum absolute atomic E-state index is 6.83. The first kappa shape index (κ1) is 23.8. The molecule has 202 valence electrons. The Labute approximate surface area is 247 Å². The summed E-state index contributed by atoms with van der Waals surface area (Å²) in [6.07, 6.45) is 0. The zero-order valence-electron chi connectivity index (χ0n) is 23.2. The average molecular weight is 552 g/mol. The van der Waals surface area contributed by atoms with Crippen LogP contribution < -0.4 is 0 Å². The highest BCUT2D eigenvalue weighted by atomic mass is 16.4. The topological polar surface area (TPSA) is 35.9 Å². The quantitative estimate of drug-likeness (QED) is 0.218. The molecule has 0 aliphatic carbocycles. The Morgan fingerprint density at radius 3 is 1.53 bits per heavy atom. The Morgan fingerprint density at radius 2 is 0.907 bits per heavy atom. The highest BCUT2D eigenvalue weighted by molar-refractivity contribution is 6.23. The van der Waals surface area contributed by atoms with E-state index in [1.807, 2.05) is 48.5 Å². The minimum atomic E-state index is 0.594. The summed E-state index contributed by atoms with van der Waals surface area (Å²) in [4.78, 5) is 5.13. The van der Waals surface area contributed by atoms with E-state index in [1.165, 1.54) is 27.1 Å². The molecule has 0 atom stereocenters. The van der Waals surface area contributed by atoms with Gasteiger partial charge >= 0.3 is 0 Å². The lowest BCUT2D eigenvalue weighted by Crippen LogP contribution is -1.99. The number of oxazole rings is 1. The first-order chi connectivity index (χ1) is 21.4. The summed E-state index contributed by atoms with van der Waals surface area (Å²) in [6.45, 7) is 0. The molecule has 0 unspecified atom stereocenters. The lowest BCUT2D eigenvalue weighted by molar-refractivity contribution is 0.555. The smallest absolute Gasteiger partial charge is 0.233 e. The Morgan fingerprint density at radius 1 is 0.419 bits per heavy atom. The molecule has 0 aliphatic heterocycles. The number of fused-ring (bicyclic) bond motifs is 7. The predicted octanol–water partition coefficient (Wildman–Crippen LogP) is 10.2. The van der Waals surface area contributed by atoms with Crippen molar-refractivity contribution in [2.45, 2.75) is 0 Å². The van der Waals surface area contributed by atoms with Gasteiger partial charge in [0.05, 0.1) is 22.1 Å². The molecule has 9 aromatic rings. The maximum Gasteiger partial charge on any atom is 0.233 e. The summed E-state index contributed by atoms with van der Waals surface area (Å²) in [5, 5.41) is 4.74. The molecule has 0 saturated carbocycles. The molecule has 0 amide bonds. The van der Waals surface area contributed by atoms with Gasteiger partial charge in [-0.05, 0) is 36.4 Å². The third kappa shape index (κ3) is 3.53. The van der Waals surface area contributed by atoms with E-state index in [-0.39, 0.29) is 0 Å². The molecule has 0 bridgehead atoms. The fourth-order valence-corrected chi connectivity index (χ4v) is 6.51. The molecule has 0 N–H and O–H groups in total. The van der Waals surface area contributed by atoms with Crippen LogP contribution in [0, 0.1) is 0 Å². The molecule has 4 heteroatoms. The van der Waals surface area contributed by atoms with Gasteiger partial charge in [0.15, 0.2) is 0 Å². The van der Waals surface area contributed by atoms with Crippen LogP contribution in [0.1, 0.15) is 0 Å². The van der Waals surface area contributed by atoms with Crippen molar-refractivity contribution in [1.82, 2.24) is 14.1 Å². The molecule has 43 heavy (non-hydrogen) atoms. The van der Waals surface area contributed by atoms with E-state index < -0.39 is 0 Å². The van der Waals surface area contributed by atoms with Crippen molar-refractivity contribution in [3.63, 3.8) is 0 Å². The molecule has 0 fully saturated rings. The van der Waals surface area contributed by atoms with Gasteiger partial charge in [-0.25, -0.2) is 4.98 Å². The normalized spacial score (nSPS) is 11.7. The van der Waals surface area contributed by atoms with Gasteiger partial charge in [0.1, 0.15) is 5.69 Å². The van der Waals surface area contributed by atoms with Crippen molar-refractivity contribution in [2.75, 3.05) is 0 Å². The zero-order chi connectivity index (χ0) is 28.3. The van der Waals surface area contributed by atoms with Gasteiger partial charge in [0.2, 0.25) is 11.8 Å². The molecular weight excluding hydrogens is 526 g/mol. The Hall–Kier alpha value is -5.87. The molecule has 6 aromatic carbocycles. The minimum Gasteiger partial charge on any atom is -0.419 e. The van der Waals surface area contributed by atoms with Gasteiger partial charge in [-0.15, -0.1) is 0 Å². The number of para-hydroxylation sites is 3. The summed E-state index contributed by atoms with van der Waals surface area (Å²) < 4.78 is 11.5. The van der Waals surface area contributed by atoms with Crippen LogP contribution in [0.4, 0.5) is 0 Å². The van der Waals surface area contributed by atoms with Crippen molar-refractivity contribution in [1.29, 1.82) is 0 Å². The summed E-state index contributed by atoms with van der Waals surface area (Å²) in [6, 6.07) is 52.8. The van der Waals surface area contributed by atoms with Gasteiger partial charge in [-0.1, -0.05) is 115 Å². The molecule has 3 aromatic heterocycles. The molecular formula is C39H25N3O. The number of benzene rings is 6. The van der Waals surface area contributed by atoms with Crippen molar-refractivity contribution < 1.29 is 4.42 Å². The van der Waals surface area contributed by atoms with Gasteiger partial charge in [-0.2, -0.15) is 0 Å². The van der Waals surface area contributed by atoms with Crippen LogP contribution in [0.3, 0.4) is 0 Å². The second-order valence-corrected chi connectivity index (χ2v) is 10.8. The predicted molar refractivity (Wildman–Crippen MR) is 176 cm³/mol. The second kappa shape index (κ2) is 9.33. The van der Waals surface area contributed by atoms with Crippen LogP contribution in [-0.4, -0.2) is 14.1 Å². The van der Waals surface area contributed by atoms with Crippen LogP contribution >= 0.6 is 0 Å². The maximum atomic E-state index is 6.83. The largest absolute Gasteiger partial charge is 0.419 e. The third-order valence-electron chi connectivity index (χ3n) is 8.36. The fraction of sp³-hybridized carbons (Fsp3) is 0.